The zero-order valence-electron chi connectivity index (χ0n) is 20.6. The van der Waals surface area contributed by atoms with E-state index in [0.717, 1.165) is 72.7 Å². The number of hydrogen-bond donors (Lipinski definition) is 0. The Morgan fingerprint density at radius 1 is 0.972 bits per heavy atom. The Morgan fingerprint density at radius 2 is 1.83 bits per heavy atom. The Hall–Kier alpha value is -4.13. The summed E-state index contributed by atoms with van der Waals surface area (Å²) in [6.07, 6.45) is 8.30. The summed E-state index contributed by atoms with van der Waals surface area (Å²) in [5.74, 6) is 0.983. The number of pyridine rings is 1. The molecular weight excluding hydrogens is 448 g/mol. The minimum Gasteiger partial charge on any atom is -0.356 e. The van der Waals surface area contributed by atoms with Gasteiger partial charge in [-0.2, -0.15) is 5.10 Å². The number of likely N-dealkylation sites (tertiary alicyclic amines) is 1. The summed E-state index contributed by atoms with van der Waals surface area (Å²) in [6.45, 7) is 5.78. The average molecular weight is 477 g/mol. The SMILES string of the molecule is Cc1cccc2c(-c3cccc4cn(C)cc34)nn(-c3ccc(N4CC5(CCN(C=O)C5)C4)nc3)c12. The van der Waals surface area contributed by atoms with Crippen LogP contribution in [0.2, 0.25) is 0 Å². The Balaban J connectivity index is 1.26. The van der Waals surface area contributed by atoms with Crippen molar-refractivity contribution < 1.29 is 4.79 Å². The largest absolute Gasteiger partial charge is 0.356 e. The van der Waals surface area contributed by atoms with Crippen LogP contribution in [-0.4, -0.2) is 56.8 Å². The molecule has 0 unspecified atom stereocenters. The summed E-state index contributed by atoms with van der Waals surface area (Å²) < 4.78 is 4.14. The lowest BCUT2D eigenvalue weighted by Crippen LogP contribution is -2.58. The molecule has 1 amide bonds. The van der Waals surface area contributed by atoms with Crippen LogP contribution in [0.1, 0.15) is 12.0 Å². The van der Waals surface area contributed by atoms with Gasteiger partial charge in [0.1, 0.15) is 11.5 Å². The molecule has 180 valence electrons. The minimum atomic E-state index is 0.240. The summed E-state index contributed by atoms with van der Waals surface area (Å²) in [5.41, 5.74) is 5.61. The summed E-state index contributed by atoms with van der Waals surface area (Å²) in [4.78, 5) is 20.2. The van der Waals surface area contributed by atoms with Gasteiger partial charge in [-0.05, 0) is 36.4 Å². The highest BCUT2D eigenvalue weighted by molar-refractivity contribution is 6.04. The van der Waals surface area contributed by atoms with Crippen molar-refractivity contribution in [3.05, 3.63) is 72.7 Å². The molecule has 2 saturated heterocycles. The van der Waals surface area contributed by atoms with Crippen LogP contribution in [-0.2, 0) is 11.8 Å². The molecule has 5 aromatic rings. The third-order valence-electron chi connectivity index (χ3n) is 7.95. The van der Waals surface area contributed by atoms with E-state index in [4.69, 9.17) is 10.1 Å². The van der Waals surface area contributed by atoms with Gasteiger partial charge in [0.25, 0.3) is 0 Å². The molecule has 7 nitrogen and oxygen atoms in total. The Bertz CT molecular complexity index is 1620. The molecule has 36 heavy (non-hydrogen) atoms. The molecule has 0 atom stereocenters. The van der Waals surface area contributed by atoms with Crippen molar-refractivity contribution in [2.75, 3.05) is 31.1 Å². The highest BCUT2D eigenvalue weighted by atomic mass is 16.1. The number of nitrogens with zero attached hydrogens (tertiary/aromatic N) is 6. The van der Waals surface area contributed by atoms with Gasteiger partial charge in [-0.1, -0.05) is 36.4 Å². The number of aryl methyl sites for hydroxylation is 2. The van der Waals surface area contributed by atoms with Crippen LogP contribution in [0.3, 0.4) is 0 Å². The topological polar surface area (TPSA) is 59.2 Å². The van der Waals surface area contributed by atoms with Gasteiger partial charge < -0.3 is 14.4 Å². The van der Waals surface area contributed by atoms with Crippen molar-refractivity contribution in [3.8, 4) is 16.9 Å². The lowest BCUT2D eigenvalue weighted by molar-refractivity contribution is -0.117. The van der Waals surface area contributed by atoms with Gasteiger partial charge in [-0.25, -0.2) is 9.67 Å². The van der Waals surface area contributed by atoms with E-state index in [1.807, 2.05) is 15.8 Å². The second-order valence-corrected chi connectivity index (χ2v) is 10.5. The van der Waals surface area contributed by atoms with E-state index in [1.165, 1.54) is 16.3 Å². The van der Waals surface area contributed by atoms with Gasteiger partial charge in [-0.3, -0.25) is 4.79 Å². The monoisotopic (exact) mass is 476 g/mol. The predicted octanol–water partition coefficient (Wildman–Crippen LogP) is 4.56. The van der Waals surface area contributed by atoms with Crippen molar-refractivity contribution in [3.63, 3.8) is 0 Å². The first kappa shape index (κ1) is 21.2. The molecule has 2 aromatic carbocycles. The standard InChI is InChI=1S/C29H28N6O/c1-20-5-3-8-24-27(23-7-4-6-21-14-32(2)15-25(21)23)31-35(28(20)24)22-9-10-26(30-13-22)34-17-29(18-34)11-12-33(16-29)19-36/h3-10,13-15,19H,11-12,16-18H2,1-2H3. The van der Waals surface area contributed by atoms with E-state index in [1.54, 1.807) is 0 Å². The van der Waals surface area contributed by atoms with Crippen LogP contribution < -0.4 is 4.90 Å². The molecule has 0 bridgehead atoms. The fraction of sp³-hybridized carbons (Fsp3) is 0.276. The van der Waals surface area contributed by atoms with Gasteiger partial charge in [0.2, 0.25) is 6.41 Å². The highest BCUT2D eigenvalue weighted by Crippen LogP contribution is 2.41. The lowest BCUT2D eigenvalue weighted by Gasteiger charge is -2.48. The average Bonchev–Trinajstić information content (AvgIpc) is 3.58. The number of hydrogen-bond acceptors (Lipinski definition) is 4. The number of benzene rings is 2. The molecule has 2 aliphatic rings. The number of rotatable bonds is 4. The Kier molecular flexibility index (Phi) is 4.52. The van der Waals surface area contributed by atoms with E-state index in [0.29, 0.717) is 0 Å². The summed E-state index contributed by atoms with van der Waals surface area (Å²) in [6, 6.07) is 17.0. The quantitative estimate of drug-likeness (QED) is 0.357. The lowest BCUT2D eigenvalue weighted by atomic mass is 9.79. The molecular formula is C29H28N6O. The fourth-order valence-electron chi connectivity index (χ4n) is 6.16. The van der Waals surface area contributed by atoms with E-state index < -0.39 is 0 Å². The van der Waals surface area contributed by atoms with E-state index in [9.17, 15) is 4.79 Å². The Labute approximate surface area is 209 Å². The first-order chi connectivity index (χ1) is 17.5. The second kappa shape index (κ2) is 7.68. The number of carbonyl (C=O) groups is 1. The number of para-hydroxylation sites is 1. The van der Waals surface area contributed by atoms with Crippen LogP contribution in [0.4, 0.5) is 5.82 Å². The fourth-order valence-corrected chi connectivity index (χ4v) is 6.16. The molecule has 0 radical (unpaired) electrons. The molecule has 7 heteroatoms. The third kappa shape index (κ3) is 3.15. The van der Waals surface area contributed by atoms with Gasteiger partial charge >= 0.3 is 0 Å². The number of aromatic nitrogens is 4. The first-order valence-corrected chi connectivity index (χ1v) is 12.5. The normalized spacial score (nSPS) is 16.8. The van der Waals surface area contributed by atoms with Crippen LogP contribution in [0.15, 0.2) is 67.1 Å². The molecule has 3 aromatic heterocycles. The zero-order valence-corrected chi connectivity index (χ0v) is 20.6. The van der Waals surface area contributed by atoms with Gasteiger partial charge in [0.15, 0.2) is 0 Å². The zero-order chi connectivity index (χ0) is 24.4. The van der Waals surface area contributed by atoms with Crippen LogP contribution in [0, 0.1) is 12.3 Å². The summed E-state index contributed by atoms with van der Waals surface area (Å²) in [7, 11) is 2.06. The molecule has 0 aliphatic carbocycles. The second-order valence-electron chi connectivity index (χ2n) is 10.5. The van der Waals surface area contributed by atoms with Crippen molar-refractivity contribution in [2.45, 2.75) is 13.3 Å². The minimum absolute atomic E-state index is 0.240. The number of amides is 1. The molecule has 0 saturated carbocycles. The molecule has 1 spiro atoms. The van der Waals surface area contributed by atoms with Gasteiger partial charge in [0.05, 0.1) is 17.4 Å². The molecule has 2 fully saturated rings. The van der Waals surface area contributed by atoms with Gasteiger partial charge in [-0.15, -0.1) is 0 Å². The van der Waals surface area contributed by atoms with Crippen LogP contribution in [0.5, 0.6) is 0 Å². The highest BCUT2D eigenvalue weighted by Gasteiger charge is 2.47. The van der Waals surface area contributed by atoms with E-state index >= 15 is 0 Å². The van der Waals surface area contributed by atoms with Crippen molar-refractivity contribution in [1.29, 1.82) is 0 Å². The Morgan fingerprint density at radius 3 is 2.61 bits per heavy atom. The maximum atomic E-state index is 11.1. The van der Waals surface area contributed by atoms with Crippen molar-refractivity contribution in [1.82, 2.24) is 24.2 Å². The maximum Gasteiger partial charge on any atom is 0.209 e. The number of fused-ring (bicyclic) bond motifs is 2. The number of anilines is 1. The van der Waals surface area contributed by atoms with Gasteiger partial charge in [0, 0.05) is 67.4 Å². The molecule has 2 aliphatic heterocycles. The van der Waals surface area contributed by atoms with Crippen LogP contribution in [0.25, 0.3) is 38.6 Å². The van der Waals surface area contributed by atoms with Crippen molar-refractivity contribution >= 4 is 33.9 Å². The number of carbonyl (C=O) groups excluding carboxylic acids is 1. The first-order valence-electron chi connectivity index (χ1n) is 12.5. The van der Waals surface area contributed by atoms with E-state index in [2.05, 4.69) is 84.4 Å². The molecule has 7 rings (SSSR count). The van der Waals surface area contributed by atoms with E-state index in [-0.39, 0.29) is 5.41 Å². The molecule has 5 heterocycles. The smallest absolute Gasteiger partial charge is 0.209 e. The summed E-state index contributed by atoms with van der Waals surface area (Å²) >= 11 is 0. The van der Waals surface area contributed by atoms with Crippen LogP contribution >= 0.6 is 0 Å². The summed E-state index contributed by atoms with van der Waals surface area (Å²) in [5, 5.41) is 8.70. The third-order valence-corrected chi connectivity index (χ3v) is 7.95. The van der Waals surface area contributed by atoms with Crippen molar-refractivity contribution in [2.24, 2.45) is 12.5 Å². The predicted molar refractivity (Wildman–Crippen MR) is 142 cm³/mol. The maximum absolute atomic E-state index is 11.1. The molecule has 0 N–H and O–H groups in total.